The summed E-state index contributed by atoms with van der Waals surface area (Å²) in [7, 11) is 0. The van der Waals surface area contributed by atoms with Gasteiger partial charge >= 0.3 is 18.1 Å². The molecule has 1 aliphatic carbocycles. The number of benzene rings is 1. The first kappa shape index (κ1) is 17.3. The van der Waals surface area contributed by atoms with Crippen LogP contribution in [0.5, 0.6) is 0 Å². The van der Waals surface area contributed by atoms with Gasteiger partial charge in [0.05, 0.1) is 5.41 Å². The van der Waals surface area contributed by atoms with E-state index in [2.05, 4.69) is 5.32 Å². The van der Waals surface area contributed by atoms with Gasteiger partial charge in [-0.15, -0.1) is 0 Å². The molecule has 1 heterocycles. The minimum absolute atomic E-state index is 0.0841. The van der Waals surface area contributed by atoms with Crippen molar-refractivity contribution < 1.29 is 32.2 Å². The van der Waals surface area contributed by atoms with Crippen molar-refractivity contribution in [2.24, 2.45) is 0 Å². The molecule has 134 valence electrons. The van der Waals surface area contributed by atoms with Crippen LogP contribution < -0.4 is 5.32 Å². The zero-order valence-electron chi connectivity index (χ0n) is 13.6. The van der Waals surface area contributed by atoms with Gasteiger partial charge in [-0.2, -0.15) is 13.2 Å². The number of carbonyl (C=O) groups is 2. The van der Waals surface area contributed by atoms with Gasteiger partial charge in [-0.1, -0.05) is 12.1 Å². The Balaban J connectivity index is 1.73. The molecule has 1 saturated heterocycles. The first-order valence-corrected chi connectivity index (χ1v) is 7.65. The van der Waals surface area contributed by atoms with E-state index >= 15 is 0 Å². The minimum Gasteiger partial charge on any atom is -0.419 e. The van der Waals surface area contributed by atoms with Crippen molar-refractivity contribution in [2.75, 3.05) is 5.32 Å². The molecule has 0 bridgehead atoms. The van der Waals surface area contributed by atoms with E-state index in [1.54, 1.807) is 0 Å². The summed E-state index contributed by atoms with van der Waals surface area (Å²) in [5.74, 6) is -3.00. The van der Waals surface area contributed by atoms with Gasteiger partial charge in [0.1, 0.15) is 0 Å². The van der Waals surface area contributed by atoms with E-state index in [1.165, 1.54) is 38.1 Å². The van der Waals surface area contributed by atoms with Gasteiger partial charge in [0.15, 0.2) is 5.57 Å². The number of hydrogen-bond acceptors (Lipinski definition) is 5. The molecule has 3 rings (SSSR count). The average Bonchev–Trinajstić information content (AvgIpc) is 3.27. The molecule has 5 nitrogen and oxygen atoms in total. The molecule has 1 N–H and O–H groups in total. The van der Waals surface area contributed by atoms with E-state index in [0.717, 1.165) is 6.20 Å². The number of cyclic esters (lactones) is 2. The van der Waals surface area contributed by atoms with Crippen LogP contribution in [0.1, 0.15) is 32.3 Å². The third kappa shape index (κ3) is 3.20. The third-order valence-corrected chi connectivity index (χ3v) is 4.23. The SMILES string of the molecule is CC1(C)OC(=O)C(=CNc2ccc(C3(C(F)(F)F)CC3)cc2)C(=O)O1. The largest absolute Gasteiger partial charge is 0.419 e. The summed E-state index contributed by atoms with van der Waals surface area (Å²) in [6, 6.07) is 5.70. The highest BCUT2D eigenvalue weighted by Gasteiger charge is 2.64. The standard InChI is InChI=1S/C17H16F3NO4/c1-15(2)24-13(22)12(14(23)25-15)9-21-11-5-3-10(4-6-11)16(7-8-16)17(18,19)20/h3-6,9,21H,7-8H2,1-2H3. The highest BCUT2D eigenvalue weighted by atomic mass is 19.4. The van der Waals surface area contributed by atoms with Crippen molar-refractivity contribution >= 4 is 17.6 Å². The molecule has 0 radical (unpaired) electrons. The lowest BCUT2D eigenvalue weighted by atomic mass is 9.95. The Labute approximate surface area is 141 Å². The number of esters is 2. The Morgan fingerprint density at radius 1 is 1.04 bits per heavy atom. The molecule has 2 aliphatic rings. The molecule has 8 heteroatoms. The van der Waals surface area contributed by atoms with E-state index in [4.69, 9.17) is 9.47 Å². The quantitative estimate of drug-likeness (QED) is 0.511. The van der Waals surface area contributed by atoms with Crippen molar-refractivity contribution in [1.82, 2.24) is 0 Å². The van der Waals surface area contributed by atoms with Gasteiger partial charge in [-0.3, -0.25) is 0 Å². The molecule has 1 aromatic rings. The Hall–Kier alpha value is -2.51. The highest BCUT2D eigenvalue weighted by molar-refractivity contribution is 6.15. The molecule has 0 atom stereocenters. The summed E-state index contributed by atoms with van der Waals surface area (Å²) in [6.45, 7) is 2.86. The lowest BCUT2D eigenvalue weighted by Gasteiger charge is -2.29. The van der Waals surface area contributed by atoms with Gasteiger partial charge in [0.2, 0.25) is 0 Å². The summed E-state index contributed by atoms with van der Waals surface area (Å²) in [4.78, 5) is 23.6. The number of halogens is 3. The Morgan fingerprint density at radius 2 is 1.56 bits per heavy atom. The zero-order chi connectivity index (χ0) is 18.5. The number of hydrogen-bond donors (Lipinski definition) is 1. The van der Waals surface area contributed by atoms with E-state index < -0.39 is 29.3 Å². The predicted octanol–water partition coefficient (Wildman–Crippen LogP) is 3.41. The van der Waals surface area contributed by atoms with Crippen LogP contribution in [0.25, 0.3) is 0 Å². The molecule has 25 heavy (non-hydrogen) atoms. The number of rotatable bonds is 3. The lowest BCUT2D eigenvalue weighted by Crippen LogP contribution is -2.42. The van der Waals surface area contributed by atoms with Crippen LogP contribution in [0.15, 0.2) is 36.0 Å². The van der Waals surface area contributed by atoms with Crippen LogP contribution in [-0.2, 0) is 24.5 Å². The molecular formula is C17H16F3NO4. The van der Waals surface area contributed by atoms with Crippen molar-refractivity contribution in [3.63, 3.8) is 0 Å². The monoisotopic (exact) mass is 355 g/mol. The fourth-order valence-electron chi connectivity index (χ4n) is 2.68. The number of carbonyl (C=O) groups excluding carboxylic acids is 2. The summed E-state index contributed by atoms with van der Waals surface area (Å²) in [6.07, 6.45) is -2.99. The zero-order valence-corrected chi connectivity index (χ0v) is 13.6. The third-order valence-electron chi connectivity index (χ3n) is 4.23. The van der Waals surface area contributed by atoms with E-state index in [0.29, 0.717) is 5.69 Å². The molecule has 1 saturated carbocycles. The topological polar surface area (TPSA) is 64.6 Å². The van der Waals surface area contributed by atoms with Gasteiger partial charge in [-0.05, 0) is 30.5 Å². The second-order valence-corrected chi connectivity index (χ2v) is 6.54. The van der Waals surface area contributed by atoms with Crippen LogP contribution in [0, 0.1) is 0 Å². The van der Waals surface area contributed by atoms with Gasteiger partial charge in [0, 0.05) is 25.7 Å². The van der Waals surface area contributed by atoms with Crippen LogP contribution in [0.2, 0.25) is 0 Å². The smallest absolute Gasteiger partial charge is 0.398 e. The lowest BCUT2D eigenvalue weighted by molar-refractivity contribution is -0.222. The summed E-state index contributed by atoms with van der Waals surface area (Å²) >= 11 is 0. The minimum atomic E-state index is -4.27. The number of anilines is 1. The Bertz CT molecular complexity index is 724. The molecule has 1 aliphatic heterocycles. The van der Waals surface area contributed by atoms with Gasteiger partial charge < -0.3 is 14.8 Å². The molecular weight excluding hydrogens is 339 g/mol. The summed E-state index contributed by atoms with van der Waals surface area (Å²) in [5.41, 5.74) is -1.43. The first-order valence-electron chi connectivity index (χ1n) is 7.65. The number of nitrogens with one attached hydrogen (secondary N) is 1. The van der Waals surface area contributed by atoms with Crippen LogP contribution in [-0.4, -0.2) is 23.9 Å². The van der Waals surface area contributed by atoms with Gasteiger partial charge in [-0.25, -0.2) is 9.59 Å². The van der Waals surface area contributed by atoms with Crippen molar-refractivity contribution in [3.05, 3.63) is 41.6 Å². The molecule has 1 aromatic carbocycles. The summed E-state index contributed by atoms with van der Waals surface area (Å²) in [5, 5.41) is 2.70. The Kier molecular flexibility index (Phi) is 3.81. The van der Waals surface area contributed by atoms with Crippen molar-refractivity contribution in [3.8, 4) is 0 Å². The van der Waals surface area contributed by atoms with Crippen molar-refractivity contribution in [2.45, 2.75) is 44.1 Å². The second-order valence-electron chi connectivity index (χ2n) is 6.54. The number of alkyl halides is 3. The normalized spacial score (nSPS) is 21.2. The predicted molar refractivity (Wildman–Crippen MR) is 81.4 cm³/mol. The highest BCUT2D eigenvalue weighted by Crippen LogP contribution is 2.58. The van der Waals surface area contributed by atoms with Crippen LogP contribution >= 0.6 is 0 Å². The summed E-state index contributed by atoms with van der Waals surface area (Å²) < 4.78 is 49.2. The van der Waals surface area contributed by atoms with Crippen LogP contribution in [0.4, 0.5) is 18.9 Å². The first-order chi connectivity index (χ1) is 11.5. The average molecular weight is 355 g/mol. The maximum atomic E-state index is 13.1. The fraction of sp³-hybridized carbons (Fsp3) is 0.412. The maximum absolute atomic E-state index is 13.1. The maximum Gasteiger partial charge on any atom is 0.398 e. The van der Waals surface area contributed by atoms with E-state index in [-0.39, 0.29) is 24.0 Å². The molecule has 2 fully saturated rings. The molecule has 0 amide bonds. The molecule has 0 spiro atoms. The molecule has 0 aromatic heterocycles. The Morgan fingerprint density at radius 3 is 2.00 bits per heavy atom. The van der Waals surface area contributed by atoms with Crippen molar-refractivity contribution in [1.29, 1.82) is 0 Å². The second kappa shape index (κ2) is 5.50. The van der Waals surface area contributed by atoms with E-state index in [9.17, 15) is 22.8 Å². The fourth-order valence-corrected chi connectivity index (χ4v) is 2.68. The molecule has 0 unspecified atom stereocenters. The number of ether oxygens (including phenoxy) is 2. The van der Waals surface area contributed by atoms with E-state index in [1.807, 2.05) is 0 Å². The van der Waals surface area contributed by atoms with Gasteiger partial charge in [0.25, 0.3) is 5.79 Å². The van der Waals surface area contributed by atoms with Crippen LogP contribution in [0.3, 0.4) is 0 Å².